The Hall–Kier alpha value is -2.84. The summed E-state index contributed by atoms with van der Waals surface area (Å²) in [6.45, 7) is 0.369. The highest BCUT2D eigenvalue weighted by Crippen LogP contribution is 2.18. The fourth-order valence-corrected chi connectivity index (χ4v) is 2.79. The van der Waals surface area contributed by atoms with Crippen molar-refractivity contribution in [3.05, 3.63) is 64.7 Å². The third kappa shape index (κ3) is 3.39. The second-order valence-electron chi connectivity index (χ2n) is 4.85. The lowest BCUT2D eigenvalue weighted by Crippen LogP contribution is -2.17. The number of nitrogens with zero attached hydrogens (tertiary/aromatic N) is 2. The minimum atomic E-state index is -0.468. The molecule has 0 saturated heterocycles. The molecule has 122 valence electrons. The number of imidazole rings is 1. The second-order valence-corrected chi connectivity index (χ2v) is 5.71. The zero-order chi connectivity index (χ0) is 16.9. The molecule has 0 atom stereocenters. The number of nitrogens with one attached hydrogen (secondary N) is 2. The normalized spacial score (nSPS) is 10.5. The summed E-state index contributed by atoms with van der Waals surface area (Å²) >= 11 is 1.28. The average molecular weight is 342 g/mol. The van der Waals surface area contributed by atoms with Crippen LogP contribution in [0, 0.1) is 0 Å². The van der Waals surface area contributed by atoms with Crippen LogP contribution < -0.4 is 5.32 Å². The molecule has 0 radical (unpaired) electrons. The van der Waals surface area contributed by atoms with Crippen LogP contribution in [0.1, 0.15) is 32.2 Å². The van der Waals surface area contributed by atoms with Gasteiger partial charge in [0, 0.05) is 18.1 Å². The van der Waals surface area contributed by atoms with Crippen LogP contribution in [0.5, 0.6) is 0 Å². The first-order chi connectivity index (χ1) is 11.7. The van der Waals surface area contributed by atoms with E-state index in [2.05, 4.69) is 20.3 Å². The van der Waals surface area contributed by atoms with Gasteiger partial charge in [-0.25, -0.2) is 9.97 Å². The number of hydrogen-bond acceptors (Lipinski definition) is 6. The molecule has 3 aromatic rings. The van der Waals surface area contributed by atoms with Crippen molar-refractivity contribution in [3.8, 4) is 0 Å². The van der Waals surface area contributed by atoms with Gasteiger partial charge in [-0.05, 0) is 0 Å². The number of ether oxygens (including phenoxy) is 1. The molecule has 0 aliphatic carbocycles. The molecular formula is C16H14N4O3S. The maximum atomic E-state index is 12.5. The Morgan fingerprint density at radius 2 is 2.08 bits per heavy atom. The Kier molecular flexibility index (Phi) is 4.78. The largest absolute Gasteiger partial charge is 0.378 e. The maximum absolute atomic E-state index is 12.5. The Morgan fingerprint density at radius 1 is 1.29 bits per heavy atom. The molecule has 7 nitrogen and oxygen atoms in total. The van der Waals surface area contributed by atoms with E-state index in [9.17, 15) is 9.59 Å². The molecule has 0 fully saturated rings. The number of anilines is 1. The molecule has 0 aliphatic heterocycles. The van der Waals surface area contributed by atoms with Gasteiger partial charge in [0.1, 0.15) is 11.4 Å². The van der Waals surface area contributed by atoms with Crippen molar-refractivity contribution in [2.45, 2.75) is 6.61 Å². The predicted octanol–water partition coefficient (Wildman–Crippen LogP) is 2.50. The summed E-state index contributed by atoms with van der Waals surface area (Å²) in [6, 6.07) is 8.68. The highest BCUT2D eigenvalue weighted by atomic mass is 32.1. The van der Waals surface area contributed by atoms with Crippen molar-refractivity contribution < 1.29 is 14.3 Å². The molecule has 2 aromatic heterocycles. The number of H-pyrrole nitrogens is 1. The third-order valence-electron chi connectivity index (χ3n) is 3.18. The Morgan fingerprint density at radius 3 is 2.83 bits per heavy atom. The average Bonchev–Trinajstić information content (AvgIpc) is 3.25. The number of carbonyl (C=O) groups is 2. The Balaban J connectivity index is 1.79. The molecule has 3 rings (SSSR count). The fraction of sp³-hybridized carbons (Fsp3) is 0.125. The number of aromatic nitrogens is 3. The van der Waals surface area contributed by atoms with Gasteiger partial charge >= 0.3 is 0 Å². The summed E-state index contributed by atoms with van der Waals surface area (Å²) in [5, 5.41) is 4.88. The van der Waals surface area contributed by atoms with Crippen LogP contribution in [-0.2, 0) is 11.3 Å². The van der Waals surface area contributed by atoms with E-state index in [-0.39, 0.29) is 17.2 Å². The molecule has 0 unspecified atom stereocenters. The number of carbonyl (C=O) groups excluding carboxylic acids is 2. The molecule has 0 saturated carbocycles. The summed E-state index contributed by atoms with van der Waals surface area (Å²) in [4.78, 5) is 35.8. The summed E-state index contributed by atoms with van der Waals surface area (Å²) in [6.07, 6.45) is 1.32. The van der Waals surface area contributed by atoms with Crippen LogP contribution in [-0.4, -0.2) is 33.8 Å². The first-order valence-electron chi connectivity index (χ1n) is 7.07. The zero-order valence-electron chi connectivity index (χ0n) is 12.8. The van der Waals surface area contributed by atoms with Crippen LogP contribution in [0.15, 0.2) is 42.0 Å². The predicted molar refractivity (Wildman–Crippen MR) is 89.2 cm³/mol. The number of rotatable bonds is 6. The van der Waals surface area contributed by atoms with E-state index in [0.29, 0.717) is 17.3 Å². The van der Waals surface area contributed by atoms with Crippen LogP contribution in [0.25, 0.3) is 0 Å². The van der Waals surface area contributed by atoms with E-state index in [4.69, 9.17) is 4.74 Å². The summed E-state index contributed by atoms with van der Waals surface area (Å²) in [5.74, 6) is -0.786. The van der Waals surface area contributed by atoms with Gasteiger partial charge < -0.3 is 9.72 Å². The smallest absolute Gasteiger partial charge is 0.276 e. The van der Waals surface area contributed by atoms with Crippen LogP contribution in [0.2, 0.25) is 0 Å². The van der Waals surface area contributed by atoms with E-state index >= 15 is 0 Å². The van der Waals surface area contributed by atoms with Crippen LogP contribution in [0.3, 0.4) is 0 Å². The third-order valence-corrected chi connectivity index (χ3v) is 3.99. The second kappa shape index (κ2) is 7.16. The van der Waals surface area contributed by atoms with E-state index in [1.54, 1.807) is 36.8 Å². The van der Waals surface area contributed by atoms with Gasteiger partial charge in [-0.3, -0.25) is 14.9 Å². The topological polar surface area (TPSA) is 97.0 Å². The molecule has 24 heavy (non-hydrogen) atoms. The molecule has 1 aromatic carbocycles. The van der Waals surface area contributed by atoms with Gasteiger partial charge in [0.05, 0.1) is 18.6 Å². The highest BCUT2D eigenvalue weighted by molar-refractivity contribution is 7.13. The standard InChI is InChI=1S/C16H14N4O3S/c1-23-7-11-8-24-16(19-11)20-15(22)13-12(17-9-18-13)14(21)10-5-3-2-4-6-10/h2-6,8-9H,7H2,1H3,(H,17,18)(H,19,20,22). The van der Waals surface area contributed by atoms with E-state index in [1.165, 1.54) is 17.7 Å². The lowest BCUT2D eigenvalue weighted by atomic mass is 10.1. The summed E-state index contributed by atoms with van der Waals surface area (Å²) < 4.78 is 4.99. The minimum absolute atomic E-state index is 0.0763. The van der Waals surface area contributed by atoms with Gasteiger partial charge in [-0.1, -0.05) is 30.3 Å². The van der Waals surface area contributed by atoms with Crippen molar-refractivity contribution in [1.29, 1.82) is 0 Å². The minimum Gasteiger partial charge on any atom is -0.378 e. The Labute approximate surface area is 141 Å². The lowest BCUT2D eigenvalue weighted by molar-refractivity contribution is 0.0991. The molecule has 0 aliphatic rings. The van der Waals surface area contributed by atoms with Crippen molar-refractivity contribution in [2.75, 3.05) is 12.4 Å². The summed E-state index contributed by atoms with van der Waals surface area (Å²) in [7, 11) is 1.57. The van der Waals surface area contributed by atoms with Crippen LogP contribution >= 0.6 is 11.3 Å². The van der Waals surface area contributed by atoms with Gasteiger partial charge in [0.15, 0.2) is 5.13 Å². The van der Waals surface area contributed by atoms with E-state index in [0.717, 1.165) is 5.69 Å². The number of thiazole rings is 1. The number of hydrogen-bond donors (Lipinski definition) is 2. The Bertz CT molecular complexity index is 857. The maximum Gasteiger partial charge on any atom is 0.276 e. The SMILES string of the molecule is COCc1csc(NC(=O)c2[nH]cnc2C(=O)c2ccccc2)n1. The van der Waals surface area contributed by atoms with Crippen LogP contribution in [0.4, 0.5) is 5.13 Å². The fourth-order valence-electron chi connectivity index (χ4n) is 2.10. The van der Waals surface area contributed by atoms with E-state index in [1.807, 2.05) is 6.07 Å². The summed E-state index contributed by atoms with van der Waals surface area (Å²) in [5.41, 5.74) is 1.37. The number of aromatic amines is 1. The van der Waals surface area contributed by atoms with Gasteiger partial charge in [0.25, 0.3) is 5.91 Å². The van der Waals surface area contributed by atoms with Gasteiger partial charge in [-0.15, -0.1) is 11.3 Å². The molecular weight excluding hydrogens is 328 g/mol. The molecule has 2 heterocycles. The molecule has 0 spiro atoms. The molecule has 0 bridgehead atoms. The number of amides is 1. The molecule has 1 amide bonds. The van der Waals surface area contributed by atoms with Crippen molar-refractivity contribution in [2.24, 2.45) is 0 Å². The highest BCUT2D eigenvalue weighted by Gasteiger charge is 2.22. The zero-order valence-corrected chi connectivity index (χ0v) is 13.6. The quantitative estimate of drug-likeness (QED) is 0.671. The van der Waals surface area contributed by atoms with E-state index < -0.39 is 5.91 Å². The first kappa shape index (κ1) is 16.0. The van der Waals surface area contributed by atoms with Crippen molar-refractivity contribution in [1.82, 2.24) is 15.0 Å². The monoisotopic (exact) mass is 342 g/mol. The lowest BCUT2D eigenvalue weighted by Gasteiger charge is -2.02. The first-order valence-corrected chi connectivity index (χ1v) is 7.95. The molecule has 8 heteroatoms. The molecule has 2 N–H and O–H groups in total. The van der Waals surface area contributed by atoms with Gasteiger partial charge in [-0.2, -0.15) is 0 Å². The number of benzene rings is 1. The van der Waals surface area contributed by atoms with Crippen molar-refractivity contribution >= 4 is 28.2 Å². The van der Waals surface area contributed by atoms with Gasteiger partial charge in [0.2, 0.25) is 5.78 Å². The number of methoxy groups -OCH3 is 1. The number of ketones is 1. The van der Waals surface area contributed by atoms with Crippen molar-refractivity contribution in [3.63, 3.8) is 0 Å².